The molecule has 0 aliphatic rings. The van der Waals surface area contributed by atoms with Crippen LogP contribution in [0.1, 0.15) is 11.5 Å². The van der Waals surface area contributed by atoms with Gasteiger partial charge in [-0.25, -0.2) is 13.8 Å². The normalized spacial score (nSPS) is 11.6. The Morgan fingerprint density at radius 2 is 1.85 bits per heavy atom. The highest BCUT2D eigenvalue weighted by Crippen LogP contribution is 2.21. The lowest BCUT2D eigenvalue weighted by atomic mass is 10.2. The summed E-state index contributed by atoms with van der Waals surface area (Å²) in [5, 5.41) is 0.571. The molecule has 0 radical (unpaired) electrons. The molecule has 0 amide bonds. The molecule has 0 unspecified atom stereocenters. The van der Waals surface area contributed by atoms with Crippen molar-refractivity contribution in [3.05, 3.63) is 64.5 Å². The third-order valence-electron chi connectivity index (χ3n) is 2.73. The summed E-state index contributed by atoms with van der Waals surface area (Å²) in [5.74, 6) is -1.40. The molecule has 1 aromatic heterocycles. The molecule has 2 aromatic carbocycles. The SMILES string of the molecule is Fc1ccc(C=Cc2nc3cc(Cl)ccc3o2)cc1F. The van der Waals surface area contributed by atoms with Gasteiger partial charge in [0.15, 0.2) is 17.2 Å². The van der Waals surface area contributed by atoms with Gasteiger partial charge in [0.25, 0.3) is 0 Å². The summed E-state index contributed by atoms with van der Waals surface area (Å²) in [4.78, 5) is 4.22. The largest absolute Gasteiger partial charge is 0.437 e. The first-order chi connectivity index (χ1) is 9.61. The predicted molar refractivity (Wildman–Crippen MR) is 74.3 cm³/mol. The number of nitrogens with zero attached hydrogens (tertiary/aromatic N) is 1. The minimum Gasteiger partial charge on any atom is -0.437 e. The van der Waals surface area contributed by atoms with Crippen LogP contribution in [0.2, 0.25) is 5.02 Å². The number of benzene rings is 2. The standard InChI is InChI=1S/C15H8ClF2NO/c16-10-3-5-14-13(8-10)19-15(20-14)6-2-9-1-4-11(17)12(18)7-9/h1-8H. The number of aromatic nitrogens is 1. The highest BCUT2D eigenvalue weighted by atomic mass is 35.5. The van der Waals surface area contributed by atoms with Crippen LogP contribution in [-0.2, 0) is 0 Å². The molecule has 20 heavy (non-hydrogen) atoms. The Hall–Kier alpha value is -2.20. The van der Waals surface area contributed by atoms with Gasteiger partial charge in [-0.15, -0.1) is 0 Å². The number of rotatable bonds is 2. The molecule has 100 valence electrons. The lowest BCUT2D eigenvalue weighted by Gasteiger charge is -1.94. The van der Waals surface area contributed by atoms with Crippen LogP contribution in [0.15, 0.2) is 40.8 Å². The molecule has 1 heterocycles. The predicted octanol–water partition coefficient (Wildman–Crippen LogP) is 4.93. The second-order valence-electron chi connectivity index (χ2n) is 4.17. The molecule has 0 bridgehead atoms. The van der Waals surface area contributed by atoms with Crippen molar-refractivity contribution in [2.45, 2.75) is 0 Å². The van der Waals surface area contributed by atoms with Crippen molar-refractivity contribution >= 4 is 34.9 Å². The topological polar surface area (TPSA) is 26.0 Å². The Morgan fingerprint density at radius 1 is 1.00 bits per heavy atom. The molecule has 0 N–H and O–H groups in total. The van der Waals surface area contributed by atoms with Crippen LogP contribution in [0, 0.1) is 11.6 Å². The van der Waals surface area contributed by atoms with E-state index < -0.39 is 11.6 Å². The molecule has 0 fully saturated rings. The molecular weight excluding hydrogens is 284 g/mol. The quantitative estimate of drug-likeness (QED) is 0.669. The summed E-state index contributed by atoms with van der Waals surface area (Å²) in [5.41, 5.74) is 1.77. The van der Waals surface area contributed by atoms with Crippen molar-refractivity contribution in [1.82, 2.24) is 4.98 Å². The molecule has 0 saturated carbocycles. The lowest BCUT2D eigenvalue weighted by Crippen LogP contribution is -1.83. The van der Waals surface area contributed by atoms with Gasteiger partial charge in [0.2, 0.25) is 5.89 Å². The van der Waals surface area contributed by atoms with Crippen molar-refractivity contribution in [2.24, 2.45) is 0 Å². The van der Waals surface area contributed by atoms with Gasteiger partial charge >= 0.3 is 0 Å². The molecule has 0 spiro atoms. The van der Waals surface area contributed by atoms with Crippen LogP contribution in [0.25, 0.3) is 23.3 Å². The first kappa shape index (κ1) is 12.8. The van der Waals surface area contributed by atoms with E-state index in [0.29, 0.717) is 27.6 Å². The van der Waals surface area contributed by atoms with E-state index in [2.05, 4.69) is 4.98 Å². The van der Waals surface area contributed by atoms with Gasteiger partial charge in [0.1, 0.15) is 5.52 Å². The van der Waals surface area contributed by atoms with Crippen LogP contribution in [0.3, 0.4) is 0 Å². The Balaban J connectivity index is 1.91. The Bertz CT molecular complexity index is 811. The van der Waals surface area contributed by atoms with Gasteiger partial charge in [-0.05, 0) is 42.0 Å². The summed E-state index contributed by atoms with van der Waals surface area (Å²) >= 11 is 5.86. The third kappa shape index (κ3) is 2.56. The number of hydrogen-bond acceptors (Lipinski definition) is 2. The van der Waals surface area contributed by atoms with E-state index in [1.54, 1.807) is 30.4 Å². The first-order valence-electron chi connectivity index (χ1n) is 5.81. The van der Waals surface area contributed by atoms with Gasteiger partial charge in [0.05, 0.1) is 0 Å². The van der Waals surface area contributed by atoms with E-state index >= 15 is 0 Å². The van der Waals surface area contributed by atoms with Crippen LogP contribution >= 0.6 is 11.6 Å². The van der Waals surface area contributed by atoms with Crippen LogP contribution < -0.4 is 0 Å². The summed E-state index contributed by atoms with van der Waals surface area (Å²) < 4.78 is 31.3. The van der Waals surface area contributed by atoms with Crippen molar-refractivity contribution in [3.63, 3.8) is 0 Å². The van der Waals surface area contributed by atoms with Crippen molar-refractivity contribution < 1.29 is 13.2 Å². The zero-order chi connectivity index (χ0) is 14.1. The summed E-state index contributed by atoms with van der Waals surface area (Å²) in [6.07, 6.45) is 3.18. The summed E-state index contributed by atoms with van der Waals surface area (Å²) in [6.45, 7) is 0. The van der Waals surface area contributed by atoms with E-state index in [1.807, 2.05) is 0 Å². The molecule has 0 aliphatic carbocycles. The molecule has 5 heteroatoms. The van der Waals surface area contributed by atoms with E-state index in [1.165, 1.54) is 6.07 Å². The van der Waals surface area contributed by atoms with Gasteiger partial charge in [0, 0.05) is 11.1 Å². The fourth-order valence-electron chi connectivity index (χ4n) is 1.77. The van der Waals surface area contributed by atoms with Crippen molar-refractivity contribution in [1.29, 1.82) is 0 Å². The van der Waals surface area contributed by atoms with Gasteiger partial charge in [-0.2, -0.15) is 0 Å². The van der Waals surface area contributed by atoms with Crippen LogP contribution in [-0.4, -0.2) is 4.98 Å². The zero-order valence-electron chi connectivity index (χ0n) is 10.1. The fourth-order valence-corrected chi connectivity index (χ4v) is 1.94. The van der Waals surface area contributed by atoms with Crippen LogP contribution in [0.5, 0.6) is 0 Å². The highest BCUT2D eigenvalue weighted by Gasteiger charge is 2.04. The molecule has 2 nitrogen and oxygen atoms in total. The maximum atomic E-state index is 13.1. The monoisotopic (exact) mass is 291 g/mol. The maximum Gasteiger partial charge on any atom is 0.220 e. The molecule has 0 atom stereocenters. The van der Waals surface area contributed by atoms with Gasteiger partial charge in [-0.1, -0.05) is 17.7 Å². The summed E-state index contributed by atoms with van der Waals surface area (Å²) in [7, 11) is 0. The smallest absolute Gasteiger partial charge is 0.220 e. The lowest BCUT2D eigenvalue weighted by molar-refractivity contribution is 0.508. The number of fused-ring (bicyclic) bond motifs is 1. The van der Waals surface area contributed by atoms with Crippen molar-refractivity contribution in [3.8, 4) is 0 Å². The van der Waals surface area contributed by atoms with E-state index in [-0.39, 0.29) is 0 Å². The third-order valence-corrected chi connectivity index (χ3v) is 2.96. The van der Waals surface area contributed by atoms with Gasteiger partial charge < -0.3 is 4.42 Å². The van der Waals surface area contributed by atoms with Crippen molar-refractivity contribution in [2.75, 3.05) is 0 Å². The second-order valence-corrected chi connectivity index (χ2v) is 4.61. The minimum atomic E-state index is -0.892. The number of oxazole rings is 1. The van der Waals surface area contributed by atoms with E-state index in [4.69, 9.17) is 16.0 Å². The second kappa shape index (κ2) is 5.06. The zero-order valence-corrected chi connectivity index (χ0v) is 10.9. The Kier molecular flexibility index (Phi) is 3.24. The van der Waals surface area contributed by atoms with E-state index in [0.717, 1.165) is 12.1 Å². The molecule has 0 saturated heterocycles. The average Bonchev–Trinajstić information content (AvgIpc) is 2.82. The Morgan fingerprint density at radius 3 is 2.65 bits per heavy atom. The maximum absolute atomic E-state index is 13.1. The average molecular weight is 292 g/mol. The molecule has 0 aliphatic heterocycles. The highest BCUT2D eigenvalue weighted by molar-refractivity contribution is 6.31. The first-order valence-corrected chi connectivity index (χ1v) is 6.19. The summed E-state index contributed by atoms with van der Waals surface area (Å²) in [6, 6.07) is 8.76. The molecule has 3 aromatic rings. The fraction of sp³-hybridized carbons (Fsp3) is 0. The van der Waals surface area contributed by atoms with E-state index in [9.17, 15) is 8.78 Å². The Labute approximate surface area is 118 Å². The van der Waals surface area contributed by atoms with Gasteiger partial charge in [-0.3, -0.25) is 0 Å². The number of halogens is 3. The number of hydrogen-bond donors (Lipinski definition) is 0. The minimum absolute atomic E-state index is 0.368. The van der Waals surface area contributed by atoms with Crippen LogP contribution in [0.4, 0.5) is 8.78 Å². The molecular formula is C15H8ClF2NO. The molecule has 3 rings (SSSR count).